The molecule has 0 unspecified atom stereocenters. The van der Waals surface area contributed by atoms with E-state index >= 15 is 0 Å². The Bertz CT molecular complexity index is 264. The third-order valence-electron chi connectivity index (χ3n) is 1.27. The van der Waals surface area contributed by atoms with Crippen molar-refractivity contribution >= 4 is 15.9 Å². The van der Waals surface area contributed by atoms with E-state index in [-0.39, 0.29) is 5.69 Å². The van der Waals surface area contributed by atoms with Crippen LogP contribution < -0.4 is 0 Å². The second kappa shape index (κ2) is 2.55. The minimum Gasteiger partial charge on any atom is -0.336 e. The second-order valence-electron chi connectivity index (χ2n) is 2.39. The van der Waals surface area contributed by atoms with Crippen LogP contribution in [0.4, 0.5) is 8.78 Å². The van der Waals surface area contributed by atoms with Crippen molar-refractivity contribution in [3.63, 3.8) is 0 Å². The smallest absolute Gasteiger partial charge is 0.288 e. The van der Waals surface area contributed by atoms with Gasteiger partial charge in [-0.2, -0.15) is 8.78 Å². The molecule has 0 fully saturated rings. The van der Waals surface area contributed by atoms with Crippen LogP contribution in [0.5, 0.6) is 0 Å². The van der Waals surface area contributed by atoms with Crippen molar-refractivity contribution in [2.45, 2.75) is 19.8 Å². The Morgan fingerprint density at radius 2 is 2.09 bits per heavy atom. The molecule has 0 amide bonds. The number of imidazole rings is 1. The first kappa shape index (κ1) is 8.64. The molecule has 0 atom stereocenters. The number of hydrogen-bond acceptors (Lipinski definition) is 1. The van der Waals surface area contributed by atoms with Gasteiger partial charge in [0.15, 0.2) is 4.73 Å². The molecule has 0 bridgehead atoms. The first-order chi connectivity index (χ1) is 4.91. The first-order valence-corrected chi connectivity index (χ1v) is 3.81. The van der Waals surface area contributed by atoms with Crippen molar-refractivity contribution in [1.82, 2.24) is 9.97 Å². The summed E-state index contributed by atoms with van der Waals surface area (Å²) < 4.78 is 25.6. The first-order valence-electron chi connectivity index (χ1n) is 3.01. The summed E-state index contributed by atoms with van der Waals surface area (Å²) in [5, 5.41) is 0. The van der Waals surface area contributed by atoms with Crippen LogP contribution in [0.1, 0.15) is 18.3 Å². The summed E-state index contributed by atoms with van der Waals surface area (Å²) in [6.07, 6.45) is 0. The summed E-state index contributed by atoms with van der Waals surface area (Å²) in [7, 11) is 0. The number of aryl methyl sites for hydroxylation is 1. The lowest BCUT2D eigenvalue weighted by molar-refractivity contribution is 0.0124. The minimum absolute atomic E-state index is 0.204. The van der Waals surface area contributed by atoms with Gasteiger partial charge in [0.25, 0.3) is 5.92 Å². The van der Waals surface area contributed by atoms with E-state index in [0.29, 0.717) is 10.4 Å². The highest BCUT2D eigenvalue weighted by molar-refractivity contribution is 9.10. The van der Waals surface area contributed by atoms with Crippen molar-refractivity contribution in [3.8, 4) is 0 Å². The van der Waals surface area contributed by atoms with E-state index in [4.69, 9.17) is 0 Å². The molecule has 1 aromatic heterocycles. The van der Waals surface area contributed by atoms with Gasteiger partial charge in [-0.3, -0.25) is 0 Å². The van der Waals surface area contributed by atoms with E-state index in [9.17, 15) is 8.78 Å². The third-order valence-corrected chi connectivity index (χ3v) is 1.65. The van der Waals surface area contributed by atoms with Crippen LogP contribution in [0.15, 0.2) is 4.73 Å². The molecule has 1 N–H and O–H groups in total. The molecule has 0 saturated heterocycles. The summed E-state index contributed by atoms with van der Waals surface area (Å²) in [6.45, 7) is 2.38. The quantitative estimate of drug-likeness (QED) is 0.781. The fourth-order valence-electron chi connectivity index (χ4n) is 0.851. The van der Waals surface area contributed by atoms with Crippen LogP contribution in [0.3, 0.4) is 0 Å². The Balaban J connectivity index is 3.13. The number of aromatic nitrogens is 2. The molecular weight excluding hydrogens is 218 g/mol. The fraction of sp³-hybridized carbons (Fsp3) is 0.500. The van der Waals surface area contributed by atoms with Crippen molar-refractivity contribution in [1.29, 1.82) is 0 Å². The molecule has 0 spiro atoms. The van der Waals surface area contributed by atoms with Gasteiger partial charge in [0.2, 0.25) is 0 Å². The Labute approximate surface area is 71.2 Å². The number of nitrogens with one attached hydrogen (secondary N) is 1. The van der Waals surface area contributed by atoms with Crippen molar-refractivity contribution in [2.24, 2.45) is 0 Å². The molecular formula is C6H7BrF2N2. The predicted molar refractivity (Wildman–Crippen MR) is 40.6 cm³/mol. The average Bonchev–Trinajstić information content (AvgIpc) is 2.08. The lowest BCUT2D eigenvalue weighted by atomic mass is 10.2. The van der Waals surface area contributed by atoms with Gasteiger partial charge in [0.1, 0.15) is 5.69 Å². The predicted octanol–water partition coefficient (Wildman–Crippen LogP) is 2.59. The van der Waals surface area contributed by atoms with Gasteiger partial charge in [-0.25, -0.2) is 4.98 Å². The number of aromatic amines is 1. The summed E-state index contributed by atoms with van der Waals surface area (Å²) >= 11 is 2.98. The summed E-state index contributed by atoms with van der Waals surface area (Å²) in [5.41, 5.74) is 0.189. The molecule has 0 aromatic carbocycles. The third kappa shape index (κ3) is 1.77. The summed E-state index contributed by atoms with van der Waals surface area (Å²) in [6, 6.07) is 0. The molecule has 2 nitrogen and oxygen atoms in total. The number of rotatable bonds is 1. The normalized spacial score (nSPS) is 12.1. The number of alkyl halides is 2. The van der Waals surface area contributed by atoms with Gasteiger partial charge < -0.3 is 4.98 Å². The van der Waals surface area contributed by atoms with Gasteiger partial charge in [0, 0.05) is 12.6 Å². The molecule has 0 aliphatic rings. The molecule has 62 valence electrons. The van der Waals surface area contributed by atoms with Crippen molar-refractivity contribution in [2.75, 3.05) is 0 Å². The average molecular weight is 225 g/mol. The van der Waals surface area contributed by atoms with Gasteiger partial charge in [-0.15, -0.1) is 0 Å². The minimum atomic E-state index is -2.87. The van der Waals surface area contributed by atoms with Crippen molar-refractivity contribution in [3.05, 3.63) is 16.1 Å². The van der Waals surface area contributed by atoms with E-state index in [1.807, 2.05) is 0 Å². The summed E-state index contributed by atoms with van der Waals surface area (Å²) in [4.78, 5) is 6.23. The highest BCUT2D eigenvalue weighted by atomic mass is 79.9. The Kier molecular flexibility index (Phi) is 2.00. The highest BCUT2D eigenvalue weighted by Gasteiger charge is 2.29. The zero-order chi connectivity index (χ0) is 8.65. The van der Waals surface area contributed by atoms with Crippen LogP contribution in [0.25, 0.3) is 0 Å². The number of halogens is 3. The summed E-state index contributed by atoms with van der Waals surface area (Å²) in [5.74, 6) is -2.87. The lowest BCUT2D eigenvalue weighted by Gasteiger charge is -2.06. The number of nitrogens with zero attached hydrogens (tertiary/aromatic N) is 1. The second-order valence-corrected chi connectivity index (χ2v) is 3.14. The Morgan fingerprint density at radius 1 is 1.55 bits per heavy atom. The maximum Gasteiger partial charge on any atom is 0.288 e. The topological polar surface area (TPSA) is 28.7 Å². The Morgan fingerprint density at radius 3 is 2.27 bits per heavy atom. The SMILES string of the molecule is Cc1[nH]c(Br)nc1C(C)(F)F. The lowest BCUT2D eigenvalue weighted by Crippen LogP contribution is -2.09. The van der Waals surface area contributed by atoms with E-state index < -0.39 is 5.92 Å². The molecule has 0 radical (unpaired) electrons. The molecule has 11 heavy (non-hydrogen) atoms. The molecule has 5 heteroatoms. The van der Waals surface area contributed by atoms with Crippen LogP contribution in [0, 0.1) is 6.92 Å². The number of hydrogen-bond donors (Lipinski definition) is 1. The molecule has 0 aliphatic heterocycles. The van der Waals surface area contributed by atoms with Gasteiger partial charge in [0.05, 0.1) is 0 Å². The largest absolute Gasteiger partial charge is 0.336 e. The maximum absolute atomic E-state index is 12.6. The van der Waals surface area contributed by atoms with E-state index in [1.165, 1.54) is 0 Å². The maximum atomic E-state index is 12.6. The van der Waals surface area contributed by atoms with Gasteiger partial charge >= 0.3 is 0 Å². The molecule has 0 aliphatic carbocycles. The van der Waals surface area contributed by atoms with Crippen LogP contribution in [0.2, 0.25) is 0 Å². The molecule has 1 aromatic rings. The number of H-pyrrole nitrogens is 1. The molecule has 1 rings (SSSR count). The van der Waals surface area contributed by atoms with E-state index in [1.54, 1.807) is 6.92 Å². The highest BCUT2D eigenvalue weighted by Crippen LogP contribution is 2.28. The zero-order valence-corrected chi connectivity index (χ0v) is 7.67. The van der Waals surface area contributed by atoms with Gasteiger partial charge in [-0.05, 0) is 22.9 Å². The van der Waals surface area contributed by atoms with Crippen LogP contribution in [-0.4, -0.2) is 9.97 Å². The van der Waals surface area contributed by atoms with Crippen LogP contribution in [-0.2, 0) is 5.92 Å². The molecule has 0 saturated carbocycles. The fourth-order valence-corrected chi connectivity index (χ4v) is 1.33. The van der Waals surface area contributed by atoms with E-state index in [0.717, 1.165) is 6.92 Å². The van der Waals surface area contributed by atoms with Crippen LogP contribution >= 0.6 is 15.9 Å². The molecule has 1 heterocycles. The standard InChI is InChI=1S/C6H7BrF2N2/c1-3-4(6(2,8)9)11-5(7)10-3/h1-2H3,(H,10,11). The van der Waals surface area contributed by atoms with Gasteiger partial charge in [-0.1, -0.05) is 0 Å². The van der Waals surface area contributed by atoms with E-state index in [2.05, 4.69) is 25.9 Å². The Hall–Kier alpha value is -0.450. The zero-order valence-electron chi connectivity index (χ0n) is 6.08. The monoisotopic (exact) mass is 224 g/mol. The van der Waals surface area contributed by atoms with Crippen molar-refractivity contribution < 1.29 is 8.78 Å².